The third-order valence-corrected chi connectivity index (χ3v) is 5.07. The van der Waals surface area contributed by atoms with Gasteiger partial charge in [0.05, 0.1) is 0 Å². The first-order valence-electron chi connectivity index (χ1n) is 9.71. The molecule has 0 aromatic rings. The lowest BCUT2D eigenvalue weighted by Crippen LogP contribution is -2.53. The Morgan fingerprint density at radius 2 is 1.96 bits per heavy atom. The number of aliphatic imine (C=N–C) groups is 1. The molecular weight excluding hydrogens is 302 g/mol. The zero-order valence-electron chi connectivity index (χ0n) is 15.9. The molecule has 2 N–H and O–H groups in total. The Morgan fingerprint density at radius 1 is 1.21 bits per heavy atom. The molecule has 6 heteroatoms. The van der Waals surface area contributed by atoms with Gasteiger partial charge in [0.2, 0.25) is 0 Å². The fraction of sp³-hybridized carbons (Fsp3) is 0.944. The van der Waals surface area contributed by atoms with Gasteiger partial charge in [-0.2, -0.15) is 0 Å². The van der Waals surface area contributed by atoms with Gasteiger partial charge < -0.3 is 20.3 Å². The third-order valence-electron chi connectivity index (χ3n) is 5.07. The van der Waals surface area contributed by atoms with Gasteiger partial charge in [0, 0.05) is 65.6 Å². The molecule has 1 heterocycles. The number of likely N-dealkylation sites (N-methyl/N-ethyl adjacent to an activating group) is 1. The second-order valence-electron chi connectivity index (χ2n) is 7.07. The molecule has 2 fully saturated rings. The highest BCUT2D eigenvalue weighted by molar-refractivity contribution is 5.79. The van der Waals surface area contributed by atoms with Crippen LogP contribution in [0, 0.1) is 5.92 Å². The van der Waals surface area contributed by atoms with E-state index in [0.29, 0.717) is 6.04 Å². The molecule has 0 bridgehead atoms. The first-order chi connectivity index (χ1) is 11.7. The van der Waals surface area contributed by atoms with Gasteiger partial charge in [-0.15, -0.1) is 0 Å². The van der Waals surface area contributed by atoms with E-state index in [9.17, 15) is 0 Å². The smallest absolute Gasteiger partial charge is 0.191 e. The van der Waals surface area contributed by atoms with Crippen molar-refractivity contribution in [2.24, 2.45) is 10.9 Å². The summed E-state index contributed by atoms with van der Waals surface area (Å²) in [7, 11) is 1.84. The van der Waals surface area contributed by atoms with Crippen LogP contribution in [0.3, 0.4) is 0 Å². The Morgan fingerprint density at radius 3 is 2.58 bits per heavy atom. The van der Waals surface area contributed by atoms with Crippen molar-refractivity contribution < 1.29 is 4.74 Å². The van der Waals surface area contributed by atoms with Crippen molar-refractivity contribution in [3.05, 3.63) is 0 Å². The summed E-state index contributed by atoms with van der Waals surface area (Å²) < 4.78 is 5.66. The standard InChI is InChI=1S/C18H37N5O/c1-4-22-9-11-23(12-10-22)16(2)14-21-18(19-3)20-8-5-13-24-15-17-6-7-17/h16-17H,4-15H2,1-3H3,(H2,19,20,21). The zero-order valence-corrected chi connectivity index (χ0v) is 15.9. The van der Waals surface area contributed by atoms with Gasteiger partial charge in [-0.05, 0) is 38.6 Å². The molecule has 2 rings (SSSR count). The average Bonchev–Trinajstić information content (AvgIpc) is 3.44. The van der Waals surface area contributed by atoms with Gasteiger partial charge >= 0.3 is 0 Å². The molecule has 1 aliphatic heterocycles. The largest absolute Gasteiger partial charge is 0.381 e. The number of rotatable bonds is 10. The van der Waals surface area contributed by atoms with Crippen LogP contribution in [-0.4, -0.2) is 87.9 Å². The van der Waals surface area contributed by atoms with E-state index in [1.165, 1.54) is 45.6 Å². The minimum absolute atomic E-state index is 0.532. The quantitative estimate of drug-likeness (QED) is 0.353. The molecular formula is C18H37N5O. The maximum atomic E-state index is 5.66. The SMILES string of the molecule is CCN1CCN(C(C)CNC(=NC)NCCCOCC2CC2)CC1. The Balaban J connectivity index is 1.51. The highest BCUT2D eigenvalue weighted by atomic mass is 16.5. The molecule has 2 aliphatic rings. The predicted molar refractivity (Wildman–Crippen MR) is 101 cm³/mol. The van der Waals surface area contributed by atoms with Crippen molar-refractivity contribution >= 4 is 5.96 Å². The molecule has 1 atom stereocenters. The van der Waals surface area contributed by atoms with Gasteiger partial charge in [0.15, 0.2) is 5.96 Å². The fourth-order valence-electron chi connectivity index (χ4n) is 3.03. The molecule has 24 heavy (non-hydrogen) atoms. The zero-order chi connectivity index (χ0) is 17.2. The summed E-state index contributed by atoms with van der Waals surface area (Å²) in [6.07, 6.45) is 3.75. The van der Waals surface area contributed by atoms with Gasteiger partial charge in [0.25, 0.3) is 0 Å². The van der Waals surface area contributed by atoms with Crippen LogP contribution in [0.4, 0.5) is 0 Å². The summed E-state index contributed by atoms with van der Waals surface area (Å²) >= 11 is 0. The Kier molecular flexibility index (Phi) is 8.84. The third kappa shape index (κ3) is 7.36. The van der Waals surface area contributed by atoms with Crippen molar-refractivity contribution in [3.63, 3.8) is 0 Å². The maximum Gasteiger partial charge on any atom is 0.191 e. The number of hydrogen-bond donors (Lipinski definition) is 2. The number of guanidine groups is 1. The fourth-order valence-corrected chi connectivity index (χ4v) is 3.03. The van der Waals surface area contributed by atoms with Crippen LogP contribution >= 0.6 is 0 Å². The summed E-state index contributed by atoms with van der Waals surface area (Å²) in [6.45, 7) is 14.1. The van der Waals surface area contributed by atoms with E-state index in [2.05, 4.69) is 39.3 Å². The summed E-state index contributed by atoms with van der Waals surface area (Å²) in [6, 6.07) is 0.532. The van der Waals surface area contributed by atoms with E-state index in [-0.39, 0.29) is 0 Å². The maximum absolute atomic E-state index is 5.66. The summed E-state index contributed by atoms with van der Waals surface area (Å²) in [5.74, 6) is 1.75. The summed E-state index contributed by atoms with van der Waals surface area (Å²) in [5, 5.41) is 6.83. The topological polar surface area (TPSA) is 52.1 Å². The lowest BCUT2D eigenvalue weighted by molar-refractivity contribution is 0.107. The van der Waals surface area contributed by atoms with Crippen LogP contribution < -0.4 is 10.6 Å². The number of nitrogens with one attached hydrogen (secondary N) is 2. The van der Waals surface area contributed by atoms with Gasteiger partial charge in [-0.1, -0.05) is 6.92 Å². The molecule has 0 aromatic carbocycles. The minimum Gasteiger partial charge on any atom is -0.381 e. The monoisotopic (exact) mass is 339 g/mol. The van der Waals surface area contributed by atoms with E-state index in [1.807, 2.05) is 7.05 Å². The molecule has 1 unspecified atom stereocenters. The Labute approximate surface area is 148 Å². The van der Waals surface area contributed by atoms with E-state index in [0.717, 1.165) is 44.6 Å². The predicted octanol–water partition coefficient (Wildman–Crippen LogP) is 0.994. The Bertz CT molecular complexity index is 364. The molecule has 1 saturated heterocycles. The van der Waals surface area contributed by atoms with E-state index in [4.69, 9.17) is 4.74 Å². The summed E-state index contributed by atoms with van der Waals surface area (Å²) in [4.78, 5) is 9.40. The van der Waals surface area contributed by atoms with Crippen molar-refractivity contribution in [1.29, 1.82) is 0 Å². The average molecular weight is 340 g/mol. The molecule has 140 valence electrons. The molecule has 0 aromatic heterocycles. The van der Waals surface area contributed by atoms with Gasteiger partial charge in [0.1, 0.15) is 0 Å². The van der Waals surface area contributed by atoms with Gasteiger partial charge in [-0.3, -0.25) is 9.89 Å². The first-order valence-corrected chi connectivity index (χ1v) is 9.71. The van der Waals surface area contributed by atoms with Crippen LogP contribution in [0.2, 0.25) is 0 Å². The molecule has 0 spiro atoms. The minimum atomic E-state index is 0.532. The Hall–Kier alpha value is -0.850. The normalized spacial score (nSPS) is 21.7. The summed E-state index contributed by atoms with van der Waals surface area (Å²) in [5.41, 5.74) is 0. The lowest BCUT2D eigenvalue weighted by atomic mass is 10.2. The molecule has 1 saturated carbocycles. The second kappa shape index (κ2) is 10.9. The van der Waals surface area contributed by atoms with E-state index in [1.54, 1.807) is 0 Å². The van der Waals surface area contributed by atoms with Crippen LogP contribution in [0.1, 0.15) is 33.1 Å². The first kappa shape index (κ1) is 19.5. The highest BCUT2D eigenvalue weighted by Crippen LogP contribution is 2.28. The number of piperazine rings is 1. The van der Waals surface area contributed by atoms with Crippen molar-refractivity contribution in [2.45, 2.75) is 39.2 Å². The molecule has 0 radical (unpaired) electrons. The van der Waals surface area contributed by atoms with Crippen molar-refractivity contribution in [3.8, 4) is 0 Å². The lowest BCUT2D eigenvalue weighted by Gasteiger charge is -2.37. The number of nitrogens with zero attached hydrogens (tertiary/aromatic N) is 3. The molecule has 0 amide bonds. The van der Waals surface area contributed by atoms with Crippen LogP contribution in [-0.2, 0) is 4.74 Å². The number of ether oxygens (including phenoxy) is 1. The van der Waals surface area contributed by atoms with E-state index < -0.39 is 0 Å². The van der Waals surface area contributed by atoms with Crippen molar-refractivity contribution in [1.82, 2.24) is 20.4 Å². The van der Waals surface area contributed by atoms with Crippen molar-refractivity contribution in [2.75, 3.05) is 66.1 Å². The molecule has 1 aliphatic carbocycles. The second-order valence-corrected chi connectivity index (χ2v) is 7.07. The number of hydrogen-bond acceptors (Lipinski definition) is 4. The highest BCUT2D eigenvalue weighted by Gasteiger charge is 2.21. The van der Waals surface area contributed by atoms with Crippen LogP contribution in [0.15, 0.2) is 4.99 Å². The van der Waals surface area contributed by atoms with Crippen LogP contribution in [0.25, 0.3) is 0 Å². The van der Waals surface area contributed by atoms with Gasteiger partial charge in [-0.25, -0.2) is 0 Å². The molecule has 6 nitrogen and oxygen atoms in total. The van der Waals surface area contributed by atoms with Crippen LogP contribution in [0.5, 0.6) is 0 Å². The van der Waals surface area contributed by atoms with E-state index >= 15 is 0 Å².